The van der Waals surface area contributed by atoms with Crippen molar-refractivity contribution in [2.45, 2.75) is 51.5 Å². The molecule has 2 aromatic rings. The van der Waals surface area contributed by atoms with Crippen LogP contribution in [-0.2, 0) is 6.42 Å². The quantitative estimate of drug-likeness (QED) is 0.651. The van der Waals surface area contributed by atoms with E-state index in [2.05, 4.69) is 20.4 Å². The van der Waals surface area contributed by atoms with E-state index in [4.69, 9.17) is 16.0 Å². The molecule has 1 aliphatic rings. The minimum Gasteiger partial charge on any atom is -0.370 e. The van der Waals surface area contributed by atoms with Gasteiger partial charge in [0, 0.05) is 30.1 Å². The van der Waals surface area contributed by atoms with Crippen molar-refractivity contribution in [3.63, 3.8) is 0 Å². The monoisotopic (exact) mass is 388 g/mol. The van der Waals surface area contributed by atoms with Gasteiger partial charge in [0.1, 0.15) is 11.6 Å². The van der Waals surface area contributed by atoms with E-state index in [-0.39, 0.29) is 24.8 Å². The Balaban J connectivity index is 0.00000156. The Morgan fingerprint density at radius 3 is 2.56 bits per heavy atom. The van der Waals surface area contributed by atoms with Gasteiger partial charge in [-0.25, -0.2) is 4.98 Å². The molecule has 1 saturated carbocycles. The number of aryl methyl sites for hydroxylation is 2. The van der Waals surface area contributed by atoms with E-state index in [0.29, 0.717) is 17.9 Å². The fraction of sp³-hybridized carbons (Fsp3) is 0.562. The number of hydrogen-bond acceptors (Lipinski definition) is 7. The number of nitrogens with zero attached hydrogens (tertiary/aromatic N) is 3. The lowest BCUT2D eigenvalue weighted by Crippen LogP contribution is -2.35. The zero-order chi connectivity index (χ0) is 16.4. The second-order valence-electron chi connectivity index (χ2n) is 6.30. The average molecular weight is 389 g/mol. The van der Waals surface area contributed by atoms with Crippen molar-refractivity contribution < 1.29 is 4.52 Å². The number of halogens is 2. The van der Waals surface area contributed by atoms with Gasteiger partial charge in [-0.3, -0.25) is 0 Å². The van der Waals surface area contributed by atoms with E-state index < -0.39 is 0 Å². The molecule has 0 radical (unpaired) electrons. The fourth-order valence-electron chi connectivity index (χ4n) is 3.03. The van der Waals surface area contributed by atoms with Gasteiger partial charge >= 0.3 is 0 Å². The maximum absolute atomic E-state index is 5.85. The van der Waals surface area contributed by atoms with Gasteiger partial charge in [0.25, 0.3) is 0 Å². The van der Waals surface area contributed by atoms with E-state index in [0.717, 1.165) is 55.2 Å². The van der Waals surface area contributed by atoms with Crippen LogP contribution >= 0.6 is 24.8 Å². The summed E-state index contributed by atoms with van der Waals surface area (Å²) in [5, 5.41) is 7.30. The highest BCUT2D eigenvalue weighted by molar-refractivity contribution is 5.85. The summed E-state index contributed by atoms with van der Waals surface area (Å²) in [5.74, 6) is 2.42. The predicted octanol–water partition coefficient (Wildman–Crippen LogP) is 2.76. The third-order valence-corrected chi connectivity index (χ3v) is 4.45. The zero-order valence-electron chi connectivity index (χ0n) is 14.5. The van der Waals surface area contributed by atoms with Gasteiger partial charge < -0.3 is 21.3 Å². The van der Waals surface area contributed by atoms with Gasteiger partial charge in [-0.1, -0.05) is 5.16 Å². The van der Waals surface area contributed by atoms with Crippen molar-refractivity contribution in [2.24, 2.45) is 5.73 Å². The van der Waals surface area contributed by atoms with E-state index in [1.807, 2.05) is 19.9 Å². The Morgan fingerprint density at radius 2 is 1.96 bits per heavy atom. The maximum Gasteiger partial charge on any atom is 0.222 e. The van der Waals surface area contributed by atoms with Crippen molar-refractivity contribution in [1.82, 2.24) is 15.1 Å². The van der Waals surface area contributed by atoms with Crippen LogP contribution in [0.3, 0.4) is 0 Å². The maximum atomic E-state index is 5.85. The van der Waals surface area contributed by atoms with Crippen LogP contribution in [0.5, 0.6) is 0 Å². The van der Waals surface area contributed by atoms with Crippen LogP contribution < -0.4 is 16.8 Å². The molecule has 0 amide bonds. The van der Waals surface area contributed by atoms with E-state index >= 15 is 0 Å². The summed E-state index contributed by atoms with van der Waals surface area (Å²) in [6, 6.07) is 2.28. The van der Waals surface area contributed by atoms with Crippen LogP contribution in [0.15, 0.2) is 10.6 Å². The summed E-state index contributed by atoms with van der Waals surface area (Å²) < 4.78 is 5.18. The summed E-state index contributed by atoms with van der Waals surface area (Å²) in [6.07, 6.45) is 3.85. The van der Waals surface area contributed by atoms with Crippen molar-refractivity contribution in [1.29, 1.82) is 0 Å². The normalized spacial score (nSPS) is 18.7. The molecule has 7 nitrogen and oxygen atoms in total. The molecule has 1 fully saturated rings. The average Bonchev–Trinajstić information content (AvgIpc) is 2.79. The highest BCUT2D eigenvalue weighted by Gasteiger charge is 2.29. The molecule has 2 aromatic heterocycles. The number of nitrogens with two attached hydrogens (primary N) is 2. The number of nitrogen functional groups attached to an aromatic ring is 1. The molecule has 0 atom stereocenters. The molecule has 0 aliphatic heterocycles. The summed E-state index contributed by atoms with van der Waals surface area (Å²) in [6.45, 7) is 4.73. The highest BCUT2D eigenvalue weighted by Crippen LogP contribution is 2.35. The van der Waals surface area contributed by atoms with E-state index in [1.165, 1.54) is 5.56 Å². The second kappa shape index (κ2) is 9.22. The van der Waals surface area contributed by atoms with Crippen LogP contribution in [-0.4, -0.2) is 27.7 Å². The molecule has 0 unspecified atom stereocenters. The SMILES string of the molecule is Cc1noc(C)c1CCCNc1cc(C2CC(N)C2)nc(N)n1.Cl.Cl. The lowest BCUT2D eigenvalue weighted by atomic mass is 9.78. The number of aromatic nitrogens is 3. The number of hydrogen-bond donors (Lipinski definition) is 3. The van der Waals surface area contributed by atoms with Gasteiger partial charge in [-0.15, -0.1) is 24.8 Å². The van der Waals surface area contributed by atoms with Crippen LogP contribution in [0, 0.1) is 13.8 Å². The molecule has 0 bridgehead atoms. The number of anilines is 2. The third-order valence-electron chi connectivity index (χ3n) is 4.45. The van der Waals surface area contributed by atoms with Crippen molar-refractivity contribution in [3.05, 3.63) is 28.8 Å². The molecule has 0 spiro atoms. The Bertz CT molecular complexity index is 668. The van der Waals surface area contributed by atoms with Crippen LogP contribution in [0.4, 0.5) is 11.8 Å². The molecule has 3 rings (SSSR count). The van der Waals surface area contributed by atoms with Gasteiger partial charge in [0.2, 0.25) is 5.95 Å². The van der Waals surface area contributed by atoms with Crippen molar-refractivity contribution in [3.8, 4) is 0 Å². The first kappa shape index (κ1) is 21.5. The van der Waals surface area contributed by atoms with Crippen LogP contribution in [0.25, 0.3) is 0 Å². The van der Waals surface area contributed by atoms with Crippen LogP contribution in [0.1, 0.15) is 47.9 Å². The summed E-state index contributed by atoms with van der Waals surface area (Å²) in [7, 11) is 0. The largest absolute Gasteiger partial charge is 0.370 e. The summed E-state index contributed by atoms with van der Waals surface area (Å²) in [5.41, 5.74) is 14.8. The topological polar surface area (TPSA) is 116 Å². The van der Waals surface area contributed by atoms with Crippen LogP contribution in [0.2, 0.25) is 0 Å². The van der Waals surface area contributed by atoms with Gasteiger partial charge in [0.15, 0.2) is 0 Å². The van der Waals surface area contributed by atoms with E-state index in [1.54, 1.807) is 0 Å². The first-order valence-electron chi connectivity index (χ1n) is 8.08. The molecule has 25 heavy (non-hydrogen) atoms. The molecular weight excluding hydrogens is 363 g/mol. The Morgan fingerprint density at radius 1 is 1.24 bits per heavy atom. The molecule has 5 N–H and O–H groups in total. The zero-order valence-corrected chi connectivity index (χ0v) is 16.1. The fourth-order valence-corrected chi connectivity index (χ4v) is 3.03. The first-order chi connectivity index (χ1) is 11.0. The van der Waals surface area contributed by atoms with E-state index in [9.17, 15) is 0 Å². The summed E-state index contributed by atoms with van der Waals surface area (Å²) in [4.78, 5) is 8.59. The second-order valence-corrected chi connectivity index (χ2v) is 6.30. The summed E-state index contributed by atoms with van der Waals surface area (Å²) >= 11 is 0. The third kappa shape index (κ3) is 5.20. The molecule has 2 heterocycles. The minimum absolute atomic E-state index is 0. The molecular formula is C16H26Cl2N6O. The standard InChI is InChI=1S/C16H24N6O.2ClH/c1-9-13(10(2)23-22-9)4-3-5-19-15-8-14(20-16(18)21-15)11-6-12(17)7-11;;/h8,11-12H,3-7,17H2,1-2H3,(H3,18,19,20,21);2*1H. The van der Waals surface area contributed by atoms with Gasteiger partial charge in [-0.05, 0) is 39.5 Å². The molecule has 0 saturated heterocycles. The molecule has 1 aliphatic carbocycles. The Hall–Kier alpha value is -1.57. The van der Waals surface area contributed by atoms with Crippen molar-refractivity contribution in [2.75, 3.05) is 17.6 Å². The molecule has 9 heteroatoms. The Labute approximate surface area is 160 Å². The lowest BCUT2D eigenvalue weighted by Gasteiger charge is -2.32. The number of nitrogens with one attached hydrogen (secondary N) is 1. The van der Waals surface area contributed by atoms with Crippen molar-refractivity contribution >= 4 is 36.6 Å². The van der Waals surface area contributed by atoms with Gasteiger partial charge in [-0.2, -0.15) is 4.98 Å². The minimum atomic E-state index is 0. The first-order valence-corrected chi connectivity index (χ1v) is 8.08. The Kier molecular flexibility index (Phi) is 7.92. The van der Waals surface area contributed by atoms with Gasteiger partial charge in [0.05, 0.1) is 11.4 Å². The highest BCUT2D eigenvalue weighted by atomic mass is 35.5. The predicted molar refractivity (Wildman–Crippen MR) is 104 cm³/mol. The molecule has 140 valence electrons. The molecule has 0 aromatic carbocycles. The lowest BCUT2D eigenvalue weighted by molar-refractivity contribution is 0.345. The smallest absolute Gasteiger partial charge is 0.222 e. The number of rotatable bonds is 6.